The highest BCUT2D eigenvalue weighted by Gasteiger charge is 2.05. The Morgan fingerprint density at radius 3 is 1.83 bits per heavy atom. The van der Waals surface area contributed by atoms with Crippen LogP contribution < -0.4 is 0 Å². The van der Waals surface area contributed by atoms with Crippen LogP contribution in [0.15, 0.2) is 0 Å². The first-order valence-electron chi connectivity index (χ1n) is 5.45. The third kappa shape index (κ3) is 4.10. The van der Waals surface area contributed by atoms with Crippen molar-refractivity contribution in [3.63, 3.8) is 0 Å². The number of rotatable bonds is 2. The summed E-state index contributed by atoms with van der Waals surface area (Å²) in [6, 6.07) is 0. The van der Waals surface area contributed by atoms with Gasteiger partial charge in [-0.05, 0) is 38.9 Å². The average Bonchev–Trinajstić information content (AvgIpc) is 2.19. The van der Waals surface area contributed by atoms with E-state index in [4.69, 9.17) is 0 Å². The Labute approximate surface area is 77.1 Å². The maximum absolute atomic E-state index is 3.92. The summed E-state index contributed by atoms with van der Waals surface area (Å²) < 4.78 is 0. The maximum atomic E-state index is 3.92. The average molecular weight is 168 g/mol. The van der Waals surface area contributed by atoms with E-state index in [1.807, 2.05) is 0 Å². The second-order valence-electron chi connectivity index (χ2n) is 3.82. The van der Waals surface area contributed by atoms with Crippen LogP contribution in [0.4, 0.5) is 0 Å². The van der Waals surface area contributed by atoms with Gasteiger partial charge < -0.3 is 4.90 Å². The van der Waals surface area contributed by atoms with Crippen LogP contribution >= 0.6 is 0 Å². The van der Waals surface area contributed by atoms with Crippen LogP contribution in [0.5, 0.6) is 0 Å². The highest BCUT2D eigenvalue weighted by Crippen LogP contribution is 2.10. The van der Waals surface area contributed by atoms with Crippen molar-refractivity contribution in [1.29, 1.82) is 0 Å². The molecule has 1 heteroatoms. The van der Waals surface area contributed by atoms with E-state index in [9.17, 15) is 0 Å². The molecule has 0 aromatic rings. The molecule has 0 atom stereocenters. The molecule has 71 valence electrons. The molecule has 1 fully saturated rings. The Morgan fingerprint density at radius 1 is 0.833 bits per heavy atom. The van der Waals surface area contributed by atoms with Crippen LogP contribution in [0.2, 0.25) is 0 Å². The number of hydrogen-bond acceptors (Lipinski definition) is 1. The van der Waals surface area contributed by atoms with Gasteiger partial charge in [0.25, 0.3) is 0 Å². The van der Waals surface area contributed by atoms with Crippen molar-refractivity contribution in [3.05, 3.63) is 6.92 Å². The molecule has 12 heavy (non-hydrogen) atoms. The summed E-state index contributed by atoms with van der Waals surface area (Å²) in [7, 11) is 0. The molecule has 1 heterocycles. The minimum absolute atomic E-state index is 1.07. The molecule has 0 spiro atoms. The topological polar surface area (TPSA) is 3.24 Å². The van der Waals surface area contributed by atoms with Gasteiger partial charge in [0.1, 0.15) is 0 Å². The van der Waals surface area contributed by atoms with Crippen molar-refractivity contribution in [2.45, 2.75) is 44.9 Å². The van der Waals surface area contributed by atoms with Crippen molar-refractivity contribution in [1.82, 2.24) is 4.90 Å². The van der Waals surface area contributed by atoms with E-state index in [-0.39, 0.29) is 0 Å². The van der Waals surface area contributed by atoms with Gasteiger partial charge in [0, 0.05) is 0 Å². The monoisotopic (exact) mass is 168 g/mol. The van der Waals surface area contributed by atoms with Gasteiger partial charge in [0.2, 0.25) is 0 Å². The molecule has 1 rings (SSSR count). The summed E-state index contributed by atoms with van der Waals surface area (Å²) in [5.74, 6) is 0. The van der Waals surface area contributed by atoms with Crippen molar-refractivity contribution in [2.24, 2.45) is 0 Å². The Hall–Kier alpha value is -0.0400. The smallest absolute Gasteiger partial charge is 0.00187 e. The van der Waals surface area contributed by atoms with Crippen LogP contribution in [0.25, 0.3) is 0 Å². The SMILES string of the molecule is [CH2]CCN1CCCCCCCC1. The third-order valence-corrected chi connectivity index (χ3v) is 2.67. The van der Waals surface area contributed by atoms with Gasteiger partial charge in [-0.2, -0.15) is 0 Å². The summed E-state index contributed by atoms with van der Waals surface area (Å²) in [4.78, 5) is 2.58. The van der Waals surface area contributed by atoms with Gasteiger partial charge in [-0.3, -0.25) is 0 Å². The lowest BCUT2D eigenvalue weighted by molar-refractivity contribution is 0.273. The van der Waals surface area contributed by atoms with Gasteiger partial charge in [-0.15, -0.1) is 0 Å². The van der Waals surface area contributed by atoms with Gasteiger partial charge in [0.05, 0.1) is 0 Å². The summed E-state index contributed by atoms with van der Waals surface area (Å²) >= 11 is 0. The number of hydrogen-bond donors (Lipinski definition) is 0. The van der Waals surface area contributed by atoms with E-state index >= 15 is 0 Å². The second kappa shape index (κ2) is 6.47. The molecule has 0 N–H and O–H groups in total. The van der Waals surface area contributed by atoms with Crippen molar-refractivity contribution in [2.75, 3.05) is 19.6 Å². The predicted octanol–water partition coefficient (Wildman–Crippen LogP) is 2.87. The molecule has 1 nitrogen and oxygen atoms in total. The second-order valence-corrected chi connectivity index (χ2v) is 3.82. The Morgan fingerprint density at radius 2 is 1.33 bits per heavy atom. The van der Waals surface area contributed by atoms with E-state index < -0.39 is 0 Å². The zero-order valence-electron chi connectivity index (χ0n) is 8.23. The molecular weight excluding hydrogens is 146 g/mol. The molecule has 0 aromatic heterocycles. The molecule has 0 aromatic carbocycles. The first-order valence-corrected chi connectivity index (χ1v) is 5.45. The summed E-state index contributed by atoms with van der Waals surface area (Å²) in [5, 5.41) is 0. The molecule has 1 radical (unpaired) electrons. The fourth-order valence-corrected chi connectivity index (χ4v) is 1.94. The Bertz CT molecular complexity index is 91.2. The van der Waals surface area contributed by atoms with E-state index in [0.717, 1.165) is 6.42 Å². The molecule has 0 amide bonds. The van der Waals surface area contributed by atoms with Crippen LogP contribution in [-0.4, -0.2) is 24.5 Å². The van der Waals surface area contributed by atoms with Gasteiger partial charge in [-0.25, -0.2) is 0 Å². The zero-order valence-corrected chi connectivity index (χ0v) is 8.23. The summed E-state index contributed by atoms with van der Waals surface area (Å²) in [6.07, 6.45) is 9.66. The quantitative estimate of drug-likeness (QED) is 0.613. The molecular formula is C11H22N. The zero-order chi connectivity index (χ0) is 8.65. The van der Waals surface area contributed by atoms with Crippen LogP contribution in [0.1, 0.15) is 44.9 Å². The van der Waals surface area contributed by atoms with Crippen molar-refractivity contribution in [3.8, 4) is 0 Å². The largest absolute Gasteiger partial charge is 0.303 e. The van der Waals surface area contributed by atoms with Gasteiger partial charge in [0.15, 0.2) is 0 Å². The molecule has 0 saturated carbocycles. The molecule has 0 bridgehead atoms. The predicted molar refractivity (Wildman–Crippen MR) is 54.1 cm³/mol. The van der Waals surface area contributed by atoms with Crippen LogP contribution in [0.3, 0.4) is 0 Å². The Kier molecular flexibility index (Phi) is 5.42. The lowest BCUT2D eigenvalue weighted by atomic mass is 10.1. The van der Waals surface area contributed by atoms with Gasteiger partial charge in [-0.1, -0.05) is 32.6 Å². The highest BCUT2D eigenvalue weighted by molar-refractivity contribution is 4.61. The summed E-state index contributed by atoms with van der Waals surface area (Å²) in [5.41, 5.74) is 0. The van der Waals surface area contributed by atoms with Crippen molar-refractivity contribution < 1.29 is 0 Å². The third-order valence-electron chi connectivity index (χ3n) is 2.67. The fraction of sp³-hybridized carbons (Fsp3) is 0.909. The molecule has 1 saturated heterocycles. The normalized spacial score (nSPS) is 22.8. The van der Waals surface area contributed by atoms with Crippen LogP contribution in [-0.2, 0) is 0 Å². The van der Waals surface area contributed by atoms with Crippen molar-refractivity contribution >= 4 is 0 Å². The van der Waals surface area contributed by atoms with E-state index in [1.165, 1.54) is 58.2 Å². The minimum Gasteiger partial charge on any atom is -0.303 e. The Balaban J connectivity index is 2.19. The summed E-state index contributed by atoms with van der Waals surface area (Å²) in [6.45, 7) is 7.75. The lowest BCUT2D eigenvalue weighted by Gasteiger charge is -2.20. The first-order chi connectivity index (χ1) is 5.93. The fourth-order valence-electron chi connectivity index (χ4n) is 1.94. The minimum atomic E-state index is 1.07. The van der Waals surface area contributed by atoms with E-state index in [0.29, 0.717) is 0 Å². The van der Waals surface area contributed by atoms with E-state index in [2.05, 4.69) is 11.8 Å². The molecule has 0 aliphatic carbocycles. The first kappa shape index (κ1) is 10.0. The molecule has 0 unspecified atom stereocenters. The number of nitrogens with zero attached hydrogens (tertiary/aromatic N) is 1. The van der Waals surface area contributed by atoms with Gasteiger partial charge >= 0.3 is 0 Å². The lowest BCUT2D eigenvalue weighted by Crippen LogP contribution is -2.26. The van der Waals surface area contributed by atoms with Crippen LogP contribution in [0, 0.1) is 6.92 Å². The molecule has 1 aliphatic rings. The molecule has 1 aliphatic heterocycles. The van der Waals surface area contributed by atoms with E-state index in [1.54, 1.807) is 0 Å². The maximum Gasteiger partial charge on any atom is -0.00187 e. The highest BCUT2D eigenvalue weighted by atomic mass is 15.1. The standard InChI is InChI=1S/C11H22N/c1-2-9-12-10-7-5-3-4-6-8-11-12/h1-11H2.